The Hall–Kier alpha value is -1.79. The van der Waals surface area contributed by atoms with Crippen molar-refractivity contribution >= 4 is 27.3 Å². The van der Waals surface area contributed by atoms with E-state index in [1.54, 1.807) is 26.0 Å². The lowest BCUT2D eigenvalue weighted by molar-refractivity contribution is 0.321. The minimum atomic E-state index is -3.89. The first-order valence-corrected chi connectivity index (χ1v) is 8.41. The molecule has 0 atom stereocenters. The summed E-state index contributed by atoms with van der Waals surface area (Å²) in [5.41, 5.74) is 0.939. The summed E-state index contributed by atoms with van der Waals surface area (Å²) in [6.45, 7) is 3.86. The number of aryl methyl sites for hydroxylation is 1. The predicted octanol–water partition coefficient (Wildman–Crippen LogP) is 3.99. The second-order valence-corrected chi connectivity index (χ2v) is 6.68. The van der Waals surface area contributed by atoms with Crippen LogP contribution in [0.4, 0.5) is 10.1 Å². The molecule has 1 N–H and O–H groups in total. The number of rotatable bonds is 5. The van der Waals surface area contributed by atoms with Crippen LogP contribution in [0.5, 0.6) is 5.75 Å². The fourth-order valence-corrected chi connectivity index (χ4v) is 3.52. The predicted molar refractivity (Wildman–Crippen MR) is 84.6 cm³/mol. The van der Waals surface area contributed by atoms with Crippen molar-refractivity contribution in [3.05, 3.63) is 52.8 Å². The molecule has 22 heavy (non-hydrogen) atoms. The van der Waals surface area contributed by atoms with Crippen LogP contribution in [-0.4, -0.2) is 15.0 Å². The summed E-state index contributed by atoms with van der Waals surface area (Å²) in [4.78, 5) is -0.0611. The molecule has 0 fully saturated rings. The van der Waals surface area contributed by atoms with Crippen LogP contribution in [0.3, 0.4) is 0 Å². The van der Waals surface area contributed by atoms with E-state index in [1.807, 2.05) is 0 Å². The Morgan fingerprint density at radius 3 is 2.55 bits per heavy atom. The van der Waals surface area contributed by atoms with Gasteiger partial charge in [0.15, 0.2) is 11.6 Å². The summed E-state index contributed by atoms with van der Waals surface area (Å²) in [6.07, 6.45) is 0. The number of sulfonamides is 1. The number of hydrogen-bond acceptors (Lipinski definition) is 3. The molecule has 0 radical (unpaired) electrons. The molecule has 0 heterocycles. The zero-order chi connectivity index (χ0) is 16.3. The molecule has 2 aromatic carbocycles. The number of hydrogen-bond donors (Lipinski definition) is 1. The fraction of sp³-hybridized carbons (Fsp3) is 0.200. The molecule has 0 saturated heterocycles. The molecule has 2 rings (SSSR count). The van der Waals surface area contributed by atoms with Gasteiger partial charge in [0.1, 0.15) is 4.90 Å². The van der Waals surface area contributed by atoms with Crippen molar-refractivity contribution in [1.29, 1.82) is 0 Å². The van der Waals surface area contributed by atoms with Crippen molar-refractivity contribution in [3.8, 4) is 5.75 Å². The van der Waals surface area contributed by atoms with Crippen LogP contribution in [0.15, 0.2) is 41.3 Å². The van der Waals surface area contributed by atoms with Crippen molar-refractivity contribution < 1.29 is 17.5 Å². The van der Waals surface area contributed by atoms with E-state index < -0.39 is 15.8 Å². The van der Waals surface area contributed by atoms with Gasteiger partial charge in [-0.1, -0.05) is 17.7 Å². The van der Waals surface area contributed by atoms with Gasteiger partial charge in [-0.05, 0) is 43.7 Å². The molecule has 0 aliphatic heterocycles. The second-order valence-electron chi connectivity index (χ2n) is 4.62. The van der Waals surface area contributed by atoms with Gasteiger partial charge in [-0.25, -0.2) is 12.8 Å². The van der Waals surface area contributed by atoms with Crippen molar-refractivity contribution in [2.45, 2.75) is 18.7 Å². The van der Waals surface area contributed by atoms with Crippen LogP contribution in [0.25, 0.3) is 0 Å². The highest BCUT2D eigenvalue weighted by molar-refractivity contribution is 7.92. The number of ether oxygens (including phenoxy) is 1. The van der Waals surface area contributed by atoms with Gasteiger partial charge in [0.05, 0.1) is 17.3 Å². The maximum atomic E-state index is 13.8. The van der Waals surface area contributed by atoms with Crippen LogP contribution in [0.2, 0.25) is 5.02 Å². The highest BCUT2D eigenvalue weighted by atomic mass is 35.5. The minimum Gasteiger partial charge on any atom is -0.491 e. The van der Waals surface area contributed by atoms with Crippen molar-refractivity contribution in [2.24, 2.45) is 0 Å². The Morgan fingerprint density at radius 1 is 1.23 bits per heavy atom. The highest BCUT2D eigenvalue weighted by Gasteiger charge is 2.18. The molecule has 0 aromatic heterocycles. The van der Waals surface area contributed by atoms with Crippen LogP contribution < -0.4 is 9.46 Å². The molecule has 4 nitrogen and oxygen atoms in total. The van der Waals surface area contributed by atoms with E-state index in [1.165, 1.54) is 18.2 Å². The van der Waals surface area contributed by atoms with Gasteiger partial charge < -0.3 is 4.74 Å². The number of benzene rings is 2. The summed E-state index contributed by atoms with van der Waals surface area (Å²) in [7, 11) is -3.89. The topological polar surface area (TPSA) is 55.4 Å². The maximum Gasteiger partial charge on any atom is 0.263 e. The first kappa shape index (κ1) is 16.6. The molecule has 0 unspecified atom stereocenters. The summed E-state index contributed by atoms with van der Waals surface area (Å²) < 4.78 is 45.7. The van der Waals surface area contributed by atoms with Crippen molar-refractivity contribution in [2.75, 3.05) is 11.3 Å². The first-order chi connectivity index (χ1) is 10.3. The molecule has 0 bridgehead atoms. The SMILES string of the molecule is CCOc1ccc(NS(=O)(=O)c2ccc(C)cc2Cl)cc1F. The molecule has 0 aliphatic carbocycles. The van der Waals surface area contributed by atoms with Crippen molar-refractivity contribution in [1.82, 2.24) is 0 Å². The standard InChI is InChI=1S/C15H15ClFNO3S/c1-3-21-14-6-5-11(9-13(14)17)18-22(19,20)15-7-4-10(2)8-12(15)16/h4-9,18H,3H2,1-2H3. The zero-order valence-corrected chi connectivity index (χ0v) is 13.6. The Kier molecular flexibility index (Phi) is 4.93. The summed E-state index contributed by atoms with van der Waals surface area (Å²) in [5, 5.41) is 0.110. The third kappa shape index (κ3) is 3.69. The van der Waals surface area contributed by atoms with Crippen molar-refractivity contribution in [3.63, 3.8) is 0 Å². The number of nitrogens with one attached hydrogen (secondary N) is 1. The van der Waals surface area contributed by atoms with E-state index in [0.717, 1.165) is 11.6 Å². The number of halogens is 2. The van der Waals surface area contributed by atoms with Crippen LogP contribution >= 0.6 is 11.6 Å². The normalized spacial score (nSPS) is 11.3. The van der Waals surface area contributed by atoms with Gasteiger partial charge in [-0.3, -0.25) is 4.72 Å². The van der Waals surface area contributed by atoms with E-state index in [4.69, 9.17) is 16.3 Å². The third-order valence-electron chi connectivity index (χ3n) is 2.86. The van der Waals surface area contributed by atoms with Gasteiger partial charge in [-0.2, -0.15) is 0 Å². The van der Waals surface area contributed by atoms with Gasteiger partial charge in [-0.15, -0.1) is 0 Å². The average Bonchev–Trinajstić information content (AvgIpc) is 2.41. The molecule has 118 valence electrons. The first-order valence-electron chi connectivity index (χ1n) is 6.55. The Morgan fingerprint density at radius 2 is 1.95 bits per heavy atom. The Labute approximate surface area is 133 Å². The molecule has 0 spiro atoms. The Bertz CT molecular complexity index is 793. The molecule has 0 saturated carbocycles. The van der Waals surface area contributed by atoms with E-state index in [2.05, 4.69) is 4.72 Å². The lowest BCUT2D eigenvalue weighted by Crippen LogP contribution is -2.13. The zero-order valence-electron chi connectivity index (χ0n) is 12.1. The third-order valence-corrected chi connectivity index (χ3v) is 4.73. The summed E-state index contributed by atoms with van der Waals surface area (Å²) in [5.74, 6) is -0.573. The van der Waals surface area contributed by atoms with E-state index >= 15 is 0 Å². The fourth-order valence-electron chi connectivity index (χ4n) is 1.87. The van der Waals surface area contributed by atoms with Gasteiger partial charge in [0.2, 0.25) is 0 Å². The molecule has 0 aliphatic rings. The smallest absolute Gasteiger partial charge is 0.263 e. The summed E-state index contributed by atoms with van der Waals surface area (Å²) in [6, 6.07) is 8.45. The molecule has 0 amide bonds. The van der Waals surface area contributed by atoms with Gasteiger partial charge >= 0.3 is 0 Å². The van der Waals surface area contributed by atoms with Gasteiger partial charge in [0.25, 0.3) is 10.0 Å². The van der Waals surface area contributed by atoms with E-state index in [0.29, 0.717) is 6.61 Å². The van der Waals surface area contributed by atoms with Crippen LogP contribution in [0, 0.1) is 12.7 Å². The Balaban J connectivity index is 2.31. The lowest BCUT2D eigenvalue weighted by Gasteiger charge is -2.11. The average molecular weight is 344 g/mol. The minimum absolute atomic E-state index is 0.0611. The quantitative estimate of drug-likeness (QED) is 0.893. The summed E-state index contributed by atoms with van der Waals surface area (Å²) >= 11 is 5.96. The monoisotopic (exact) mass is 343 g/mol. The molecule has 2 aromatic rings. The molecular weight excluding hydrogens is 329 g/mol. The maximum absolute atomic E-state index is 13.8. The van der Waals surface area contributed by atoms with Crippen LogP contribution in [-0.2, 0) is 10.0 Å². The molecule has 7 heteroatoms. The number of anilines is 1. The highest BCUT2D eigenvalue weighted by Crippen LogP contribution is 2.27. The second kappa shape index (κ2) is 6.54. The largest absolute Gasteiger partial charge is 0.491 e. The van der Waals surface area contributed by atoms with Crippen LogP contribution in [0.1, 0.15) is 12.5 Å². The van der Waals surface area contributed by atoms with E-state index in [-0.39, 0.29) is 21.4 Å². The lowest BCUT2D eigenvalue weighted by atomic mass is 10.2. The molecular formula is C15H15ClFNO3S. The van der Waals surface area contributed by atoms with Gasteiger partial charge in [0, 0.05) is 6.07 Å². The van der Waals surface area contributed by atoms with E-state index in [9.17, 15) is 12.8 Å².